The number of hydrogen-bond acceptors (Lipinski definition) is 4. The Morgan fingerprint density at radius 2 is 2.27 bits per heavy atom. The standard InChI is InChI=1S/C11H12O3S/c1-8-5-10(4-3-9(8)6-12)15-7-11(13)14-2/h3-6H,7H2,1-2H3. The Morgan fingerprint density at radius 1 is 1.53 bits per heavy atom. The highest BCUT2D eigenvalue weighted by atomic mass is 32.2. The molecule has 1 aromatic carbocycles. The maximum absolute atomic E-state index is 10.9. The fourth-order valence-electron chi connectivity index (χ4n) is 1.07. The summed E-state index contributed by atoms with van der Waals surface area (Å²) in [4.78, 5) is 22.4. The van der Waals surface area contributed by atoms with Gasteiger partial charge in [0.25, 0.3) is 0 Å². The molecule has 0 bridgehead atoms. The lowest BCUT2D eigenvalue weighted by Crippen LogP contribution is -2.02. The van der Waals surface area contributed by atoms with Crippen molar-refractivity contribution in [1.82, 2.24) is 0 Å². The van der Waals surface area contributed by atoms with Gasteiger partial charge in [-0.15, -0.1) is 11.8 Å². The predicted molar refractivity (Wildman–Crippen MR) is 59.3 cm³/mol. The van der Waals surface area contributed by atoms with E-state index in [2.05, 4.69) is 4.74 Å². The molecule has 0 radical (unpaired) electrons. The molecule has 0 atom stereocenters. The number of rotatable bonds is 4. The summed E-state index contributed by atoms with van der Waals surface area (Å²) in [7, 11) is 1.36. The van der Waals surface area contributed by atoms with Gasteiger partial charge >= 0.3 is 5.97 Å². The van der Waals surface area contributed by atoms with E-state index in [9.17, 15) is 9.59 Å². The summed E-state index contributed by atoms with van der Waals surface area (Å²) in [5.74, 6) is 0.0354. The monoisotopic (exact) mass is 224 g/mol. The second-order valence-corrected chi connectivity index (χ2v) is 4.05. The highest BCUT2D eigenvalue weighted by Crippen LogP contribution is 2.20. The van der Waals surface area contributed by atoms with Crippen LogP contribution in [0.3, 0.4) is 0 Å². The molecule has 0 unspecified atom stereocenters. The molecular formula is C11H12O3S. The molecule has 0 heterocycles. The summed E-state index contributed by atoms with van der Waals surface area (Å²) in [6.45, 7) is 1.87. The quantitative estimate of drug-likeness (QED) is 0.446. The second-order valence-electron chi connectivity index (χ2n) is 3.00. The van der Waals surface area contributed by atoms with E-state index in [0.717, 1.165) is 16.7 Å². The molecule has 3 nitrogen and oxygen atoms in total. The minimum Gasteiger partial charge on any atom is -0.468 e. The van der Waals surface area contributed by atoms with Crippen LogP contribution in [-0.4, -0.2) is 25.1 Å². The predicted octanol–water partition coefficient (Wildman–Crippen LogP) is 2.07. The van der Waals surface area contributed by atoms with Gasteiger partial charge in [-0.2, -0.15) is 0 Å². The molecule has 1 rings (SSSR count). The first-order valence-electron chi connectivity index (χ1n) is 4.43. The molecule has 0 spiro atoms. The summed E-state index contributed by atoms with van der Waals surface area (Å²) < 4.78 is 4.53. The molecule has 0 aliphatic rings. The fourth-order valence-corrected chi connectivity index (χ4v) is 1.90. The lowest BCUT2D eigenvalue weighted by atomic mass is 10.1. The van der Waals surface area contributed by atoms with Crippen molar-refractivity contribution in [3.63, 3.8) is 0 Å². The number of aldehydes is 1. The highest BCUT2D eigenvalue weighted by molar-refractivity contribution is 8.00. The number of thioether (sulfide) groups is 1. The van der Waals surface area contributed by atoms with Crippen LogP contribution in [0.5, 0.6) is 0 Å². The highest BCUT2D eigenvalue weighted by Gasteiger charge is 2.03. The van der Waals surface area contributed by atoms with Crippen LogP contribution >= 0.6 is 11.8 Å². The largest absolute Gasteiger partial charge is 0.468 e. The van der Waals surface area contributed by atoms with Gasteiger partial charge < -0.3 is 4.74 Å². The first-order chi connectivity index (χ1) is 7.17. The number of esters is 1. The Bertz CT molecular complexity index is 374. The average molecular weight is 224 g/mol. The number of hydrogen-bond donors (Lipinski definition) is 0. The van der Waals surface area contributed by atoms with Crippen LogP contribution in [0.25, 0.3) is 0 Å². The van der Waals surface area contributed by atoms with Crippen molar-refractivity contribution < 1.29 is 14.3 Å². The van der Waals surface area contributed by atoms with E-state index in [1.165, 1.54) is 18.9 Å². The number of carbonyl (C=O) groups is 2. The van der Waals surface area contributed by atoms with E-state index in [0.29, 0.717) is 5.56 Å². The van der Waals surface area contributed by atoms with Gasteiger partial charge in [-0.05, 0) is 24.6 Å². The van der Waals surface area contributed by atoms with E-state index in [1.807, 2.05) is 19.1 Å². The topological polar surface area (TPSA) is 43.4 Å². The molecule has 15 heavy (non-hydrogen) atoms. The van der Waals surface area contributed by atoms with Crippen LogP contribution in [0.15, 0.2) is 23.1 Å². The summed E-state index contributed by atoms with van der Waals surface area (Å²) >= 11 is 1.40. The van der Waals surface area contributed by atoms with Gasteiger partial charge in [0.15, 0.2) is 0 Å². The number of benzene rings is 1. The average Bonchev–Trinajstić information content (AvgIpc) is 2.26. The molecule has 0 aliphatic heterocycles. The molecule has 0 amide bonds. The number of carbonyl (C=O) groups excluding carboxylic acids is 2. The molecule has 0 aromatic heterocycles. The Hall–Kier alpha value is -1.29. The molecule has 4 heteroatoms. The molecule has 1 aromatic rings. The number of methoxy groups -OCH3 is 1. The lowest BCUT2D eigenvalue weighted by Gasteiger charge is -2.03. The van der Waals surface area contributed by atoms with Crippen molar-refractivity contribution in [2.45, 2.75) is 11.8 Å². The summed E-state index contributed by atoms with van der Waals surface area (Å²) in [6, 6.07) is 5.46. The van der Waals surface area contributed by atoms with E-state index in [4.69, 9.17) is 0 Å². The van der Waals surface area contributed by atoms with Crippen LogP contribution < -0.4 is 0 Å². The van der Waals surface area contributed by atoms with Crippen LogP contribution in [0, 0.1) is 6.92 Å². The summed E-state index contributed by atoms with van der Waals surface area (Å²) in [5, 5.41) is 0. The van der Waals surface area contributed by atoms with Gasteiger partial charge in [0.1, 0.15) is 6.29 Å². The van der Waals surface area contributed by atoms with Crippen LogP contribution in [0.4, 0.5) is 0 Å². The molecule has 80 valence electrons. The third-order valence-electron chi connectivity index (χ3n) is 1.95. The first kappa shape index (κ1) is 11.8. The van der Waals surface area contributed by atoms with Crippen molar-refractivity contribution in [3.8, 4) is 0 Å². The maximum Gasteiger partial charge on any atom is 0.315 e. The second kappa shape index (κ2) is 5.56. The van der Waals surface area contributed by atoms with E-state index < -0.39 is 0 Å². The first-order valence-corrected chi connectivity index (χ1v) is 5.41. The Balaban J connectivity index is 2.67. The Labute approximate surface area is 92.8 Å². The van der Waals surface area contributed by atoms with Gasteiger partial charge in [-0.1, -0.05) is 6.07 Å². The molecule has 0 saturated carbocycles. The molecular weight excluding hydrogens is 212 g/mol. The van der Waals surface area contributed by atoms with Crippen molar-refractivity contribution in [1.29, 1.82) is 0 Å². The molecule has 0 aliphatic carbocycles. The minimum absolute atomic E-state index is 0.253. The minimum atomic E-state index is -0.253. The van der Waals surface area contributed by atoms with Crippen molar-refractivity contribution >= 4 is 24.0 Å². The summed E-state index contributed by atoms with van der Waals surface area (Å²) in [5.41, 5.74) is 1.59. The number of aryl methyl sites for hydroxylation is 1. The van der Waals surface area contributed by atoms with Crippen molar-refractivity contribution in [2.75, 3.05) is 12.9 Å². The smallest absolute Gasteiger partial charge is 0.315 e. The van der Waals surface area contributed by atoms with E-state index in [1.54, 1.807) is 6.07 Å². The normalized spacial score (nSPS) is 9.73. The van der Waals surface area contributed by atoms with Gasteiger partial charge in [0.05, 0.1) is 12.9 Å². The van der Waals surface area contributed by atoms with E-state index in [-0.39, 0.29) is 11.7 Å². The third kappa shape index (κ3) is 3.40. The zero-order chi connectivity index (χ0) is 11.3. The molecule has 0 saturated heterocycles. The summed E-state index contributed by atoms with van der Waals surface area (Å²) in [6.07, 6.45) is 0.823. The SMILES string of the molecule is COC(=O)CSc1ccc(C=O)c(C)c1. The van der Waals surface area contributed by atoms with Gasteiger partial charge in [0.2, 0.25) is 0 Å². The van der Waals surface area contributed by atoms with Crippen molar-refractivity contribution in [2.24, 2.45) is 0 Å². The fraction of sp³-hybridized carbons (Fsp3) is 0.273. The third-order valence-corrected chi connectivity index (χ3v) is 2.92. The van der Waals surface area contributed by atoms with Gasteiger partial charge in [-0.3, -0.25) is 9.59 Å². The van der Waals surface area contributed by atoms with Crippen LogP contribution in [-0.2, 0) is 9.53 Å². The van der Waals surface area contributed by atoms with E-state index >= 15 is 0 Å². The van der Waals surface area contributed by atoms with Crippen LogP contribution in [0.1, 0.15) is 15.9 Å². The molecule has 0 fully saturated rings. The van der Waals surface area contributed by atoms with Gasteiger partial charge in [-0.25, -0.2) is 0 Å². The Kier molecular flexibility index (Phi) is 4.37. The maximum atomic E-state index is 10.9. The number of ether oxygens (including phenoxy) is 1. The van der Waals surface area contributed by atoms with Crippen molar-refractivity contribution in [3.05, 3.63) is 29.3 Å². The van der Waals surface area contributed by atoms with Crippen LogP contribution in [0.2, 0.25) is 0 Å². The van der Waals surface area contributed by atoms with Gasteiger partial charge in [0, 0.05) is 10.5 Å². The lowest BCUT2D eigenvalue weighted by molar-refractivity contribution is -0.137. The zero-order valence-electron chi connectivity index (χ0n) is 8.65. The zero-order valence-corrected chi connectivity index (χ0v) is 9.47. The Morgan fingerprint density at radius 3 is 2.80 bits per heavy atom. The molecule has 0 N–H and O–H groups in total.